The molecular formula is C15H21N3O3. The van der Waals surface area contributed by atoms with Crippen molar-refractivity contribution in [2.75, 3.05) is 0 Å². The predicted octanol–water partition coefficient (Wildman–Crippen LogP) is 2.16. The summed E-state index contributed by atoms with van der Waals surface area (Å²) in [4.78, 5) is 26.3. The second-order valence-electron chi connectivity index (χ2n) is 5.64. The molecule has 1 aliphatic rings. The lowest BCUT2D eigenvalue weighted by Crippen LogP contribution is -2.43. The normalized spacial score (nSPS) is 21.6. The number of carboxylic acid groups (broad SMARTS) is 1. The van der Waals surface area contributed by atoms with Crippen molar-refractivity contribution in [2.24, 2.45) is 5.92 Å². The number of pyridine rings is 1. The third kappa shape index (κ3) is 4.73. The molecule has 3 N–H and O–H groups in total. The molecule has 1 aliphatic carbocycles. The first kappa shape index (κ1) is 15.3. The van der Waals surface area contributed by atoms with Crippen LogP contribution in [0, 0.1) is 5.92 Å². The average Bonchev–Trinajstić information content (AvgIpc) is 2.48. The van der Waals surface area contributed by atoms with Gasteiger partial charge in [-0.2, -0.15) is 0 Å². The largest absolute Gasteiger partial charge is 0.477 e. The van der Waals surface area contributed by atoms with Crippen LogP contribution in [0.25, 0.3) is 0 Å². The molecule has 6 nitrogen and oxygen atoms in total. The molecule has 0 unspecified atom stereocenters. The summed E-state index contributed by atoms with van der Waals surface area (Å²) in [5, 5.41) is 14.5. The number of carbonyl (C=O) groups excluding carboxylic acids is 1. The number of nitrogens with zero attached hydrogens (tertiary/aromatic N) is 1. The number of amides is 2. The lowest BCUT2D eigenvalue weighted by molar-refractivity contribution is 0.0690. The minimum atomic E-state index is -1.06. The second-order valence-corrected chi connectivity index (χ2v) is 5.64. The van der Waals surface area contributed by atoms with Crippen LogP contribution in [0.1, 0.15) is 48.7 Å². The average molecular weight is 291 g/mol. The molecule has 0 aliphatic heterocycles. The zero-order valence-corrected chi connectivity index (χ0v) is 12.1. The van der Waals surface area contributed by atoms with Crippen LogP contribution in [0.2, 0.25) is 0 Å². The van der Waals surface area contributed by atoms with E-state index in [1.807, 2.05) is 0 Å². The number of aromatic nitrogens is 1. The van der Waals surface area contributed by atoms with Crippen LogP contribution in [0.5, 0.6) is 0 Å². The smallest absolute Gasteiger partial charge is 0.354 e. The zero-order chi connectivity index (χ0) is 15.2. The predicted molar refractivity (Wildman–Crippen MR) is 78.0 cm³/mol. The third-order valence-corrected chi connectivity index (χ3v) is 3.85. The summed E-state index contributed by atoms with van der Waals surface area (Å²) in [6.07, 6.45) is 5.84. The van der Waals surface area contributed by atoms with Crippen LogP contribution in [0.4, 0.5) is 4.79 Å². The van der Waals surface area contributed by atoms with E-state index in [0.717, 1.165) is 37.2 Å². The van der Waals surface area contributed by atoms with Gasteiger partial charge >= 0.3 is 12.0 Å². The van der Waals surface area contributed by atoms with Crippen LogP contribution in [-0.4, -0.2) is 28.1 Å². The lowest BCUT2D eigenvalue weighted by Gasteiger charge is -2.26. The standard InChI is InChI=1S/C15H21N3O3/c1-10-2-5-12(6-3-10)18-15(21)17-9-11-4-7-13(14(19)20)16-8-11/h4,7-8,10,12H,2-3,5-6,9H2,1H3,(H,19,20)(H2,17,18,21). The van der Waals surface area contributed by atoms with Gasteiger partial charge in [0.25, 0.3) is 0 Å². The number of carbonyl (C=O) groups is 2. The Morgan fingerprint density at radius 2 is 2.00 bits per heavy atom. The Hall–Kier alpha value is -2.11. The van der Waals surface area contributed by atoms with Crippen molar-refractivity contribution in [2.45, 2.75) is 45.2 Å². The van der Waals surface area contributed by atoms with Gasteiger partial charge in [-0.1, -0.05) is 13.0 Å². The van der Waals surface area contributed by atoms with Gasteiger partial charge in [0.2, 0.25) is 0 Å². The molecule has 0 spiro atoms. The van der Waals surface area contributed by atoms with E-state index in [4.69, 9.17) is 5.11 Å². The molecule has 1 fully saturated rings. The van der Waals surface area contributed by atoms with Crippen LogP contribution in [-0.2, 0) is 6.54 Å². The minimum Gasteiger partial charge on any atom is -0.477 e. The SMILES string of the molecule is CC1CCC(NC(=O)NCc2ccc(C(=O)O)nc2)CC1. The van der Waals surface area contributed by atoms with Gasteiger partial charge in [-0.3, -0.25) is 0 Å². The summed E-state index contributed by atoms with van der Waals surface area (Å²) in [6.45, 7) is 2.58. The molecule has 1 aromatic heterocycles. The Morgan fingerprint density at radius 1 is 1.29 bits per heavy atom. The third-order valence-electron chi connectivity index (χ3n) is 3.85. The molecule has 2 amide bonds. The van der Waals surface area contributed by atoms with E-state index in [0.29, 0.717) is 6.54 Å². The van der Waals surface area contributed by atoms with Crippen molar-refractivity contribution >= 4 is 12.0 Å². The first-order valence-electron chi connectivity index (χ1n) is 7.27. The highest BCUT2D eigenvalue weighted by molar-refractivity contribution is 5.85. The van der Waals surface area contributed by atoms with Crippen molar-refractivity contribution in [3.8, 4) is 0 Å². The topological polar surface area (TPSA) is 91.3 Å². The van der Waals surface area contributed by atoms with E-state index in [2.05, 4.69) is 22.5 Å². The number of urea groups is 1. The maximum atomic E-state index is 11.8. The van der Waals surface area contributed by atoms with Gasteiger partial charge in [0.15, 0.2) is 0 Å². The Kier molecular flexibility index (Phi) is 5.14. The van der Waals surface area contributed by atoms with Gasteiger partial charge < -0.3 is 15.7 Å². The summed E-state index contributed by atoms with van der Waals surface area (Å²) >= 11 is 0. The van der Waals surface area contributed by atoms with E-state index >= 15 is 0 Å². The van der Waals surface area contributed by atoms with Crippen molar-refractivity contribution in [3.05, 3.63) is 29.6 Å². The van der Waals surface area contributed by atoms with E-state index < -0.39 is 5.97 Å². The van der Waals surface area contributed by atoms with Gasteiger partial charge in [0.1, 0.15) is 5.69 Å². The molecule has 6 heteroatoms. The highest BCUT2D eigenvalue weighted by atomic mass is 16.4. The molecule has 0 radical (unpaired) electrons. The van der Waals surface area contributed by atoms with Gasteiger partial charge in [-0.25, -0.2) is 14.6 Å². The fraction of sp³-hybridized carbons (Fsp3) is 0.533. The molecule has 1 heterocycles. The monoisotopic (exact) mass is 291 g/mol. The number of aromatic carboxylic acids is 1. The molecule has 21 heavy (non-hydrogen) atoms. The number of hydrogen-bond acceptors (Lipinski definition) is 3. The van der Waals surface area contributed by atoms with Crippen molar-refractivity contribution in [1.29, 1.82) is 0 Å². The van der Waals surface area contributed by atoms with E-state index in [1.165, 1.54) is 12.3 Å². The minimum absolute atomic E-state index is 0.000438. The fourth-order valence-corrected chi connectivity index (χ4v) is 2.48. The molecule has 0 bridgehead atoms. The maximum absolute atomic E-state index is 11.8. The zero-order valence-electron chi connectivity index (χ0n) is 12.1. The maximum Gasteiger partial charge on any atom is 0.354 e. The molecule has 0 saturated heterocycles. The fourth-order valence-electron chi connectivity index (χ4n) is 2.48. The lowest BCUT2D eigenvalue weighted by atomic mass is 9.87. The van der Waals surface area contributed by atoms with Gasteiger partial charge in [0, 0.05) is 18.8 Å². The Labute approximate surface area is 124 Å². The van der Waals surface area contributed by atoms with Crippen LogP contribution in [0.3, 0.4) is 0 Å². The Balaban J connectivity index is 1.74. The van der Waals surface area contributed by atoms with Gasteiger partial charge in [-0.15, -0.1) is 0 Å². The summed E-state index contributed by atoms with van der Waals surface area (Å²) in [6, 6.07) is 3.16. The summed E-state index contributed by atoms with van der Waals surface area (Å²) in [7, 11) is 0. The number of carboxylic acids is 1. The highest BCUT2D eigenvalue weighted by Gasteiger charge is 2.19. The molecule has 0 atom stereocenters. The Morgan fingerprint density at radius 3 is 2.57 bits per heavy atom. The van der Waals surface area contributed by atoms with Crippen molar-refractivity contribution < 1.29 is 14.7 Å². The Bertz CT molecular complexity index is 493. The molecule has 114 valence electrons. The van der Waals surface area contributed by atoms with Crippen molar-refractivity contribution in [3.63, 3.8) is 0 Å². The van der Waals surface area contributed by atoms with E-state index in [-0.39, 0.29) is 17.8 Å². The second kappa shape index (κ2) is 7.06. The first-order valence-corrected chi connectivity index (χ1v) is 7.27. The highest BCUT2D eigenvalue weighted by Crippen LogP contribution is 2.23. The van der Waals surface area contributed by atoms with Gasteiger partial charge in [-0.05, 0) is 43.2 Å². The van der Waals surface area contributed by atoms with Gasteiger partial charge in [0.05, 0.1) is 0 Å². The van der Waals surface area contributed by atoms with Crippen LogP contribution < -0.4 is 10.6 Å². The molecular weight excluding hydrogens is 270 g/mol. The van der Waals surface area contributed by atoms with E-state index in [1.54, 1.807) is 6.07 Å². The number of hydrogen-bond donors (Lipinski definition) is 3. The summed E-state index contributed by atoms with van der Waals surface area (Å²) in [5.74, 6) is -0.302. The first-order chi connectivity index (χ1) is 10.0. The molecule has 1 aromatic rings. The van der Waals surface area contributed by atoms with Crippen LogP contribution in [0.15, 0.2) is 18.3 Å². The quantitative estimate of drug-likeness (QED) is 0.792. The molecule has 2 rings (SSSR count). The summed E-state index contributed by atoms with van der Waals surface area (Å²) in [5.41, 5.74) is 0.770. The summed E-state index contributed by atoms with van der Waals surface area (Å²) < 4.78 is 0. The van der Waals surface area contributed by atoms with Crippen molar-refractivity contribution in [1.82, 2.24) is 15.6 Å². The van der Waals surface area contributed by atoms with Crippen LogP contribution >= 0.6 is 0 Å². The molecule has 0 aromatic carbocycles. The number of nitrogens with one attached hydrogen (secondary N) is 2. The number of rotatable bonds is 4. The van der Waals surface area contributed by atoms with E-state index in [9.17, 15) is 9.59 Å². The molecule has 1 saturated carbocycles.